The molecule has 0 aromatic carbocycles. The van der Waals surface area contributed by atoms with Crippen LogP contribution in [0.1, 0.15) is 38.5 Å². The van der Waals surface area contributed by atoms with E-state index >= 15 is 0 Å². The maximum atomic E-state index is 13.1. The van der Waals surface area contributed by atoms with E-state index in [0.29, 0.717) is 25.9 Å². The fourth-order valence-electron chi connectivity index (χ4n) is 6.41. The highest BCUT2D eigenvalue weighted by Gasteiger charge is 2.53. The first-order valence-electron chi connectivity index (χ1n) is 14.7. The van der Waals surface area contributed by atoms with Gasteiger partial charge in [-0.05, 0) is 38.0 Å². The van der Waals surface area contributed by atoms with Gasteiger partial charge >= 0.3 is 0 Å². The van der Waals surface area contributed by atoms with Gasteiger partial charge in [-0.2, -0.15) is 0 Å². The van der Waals surface area contributed by atoms with Gasteiger partial charge in [0.05, 0.1) is 37.5 Å². The summed E-state index contributed by atoms with van der Waals surface area (Å²) in [5.41, 5.74) is 22.9. The molecule has 4 rings (SSSR count). The lowest BCUT2D eigenvalue weighted by atomic mass is 9.69. The number of carbonyl (C=O) groups is 1. The summed E-state index contributed by atoms with van der Waals surface area (Å²) in [6.07, 6.45) is -9.01. The first-order chi connectivity index (χ1) is 19.9. The van der Waals surface area contributed by atoms with Crippen molar-refractivity contribution in [2.75, 3.05) is 26.3 Å². The minimum absolute atomic E-state index is 0.0210. The Morgan fingerprint density at radius 2 is 1.60 bits per heavy atom. The molecule has 0 spiro atoms. The Hall–Kier alpha value is -0.930. The number of Topliss-reactive ketones (excluding diaryl/α,β-unsaturated/α-hetero) is 1. The molecule has 16 heteroatoms. The normalized spacial score (nSPS) is 48.0. The van der Waals surface area contributed by atoms with Crippen LogP contribution in [-0.2, 0) is 23.7 Å². The maximum absolute atomic E-state index is 13.1. The van der Waals surface area contributed by atoms with Crippen molar-refractivity contribution in [2.45, 2.75) is 124 Å². The van der Waals surface area contributed by atoms with Crippen molar-refractivity contribution in [2.24, 2.45) is 28.9 Å². The third-order valence-corrected chi connectivity index (χ3v) is 8.98. The average molecular weight is 608 g/mol. The number of nitrogens with two attached hydrogens (primary N) is 4. The highest BCUT2D eigenvalue weighted by molar-refractivity contribution is 5.88. The summed E-state index contributed by atoms with van der Waals surface area (Å²) in [4.78, 5) is 13.1. The molecule has 13 atom stereocenters. The van der Waals surface area contributed by atoms with Gasteiger partial charge in [-0.3, -0.25) is 4.79 Å². The van der Waals surface area contributed by atoms with Crippen molar-refractivity contribution >= 4 is 5.78 Å². The van der Waals surface area contributed by atoms with Crippen LogP contribution in [0.3, 0.4) is 0 Å². The Labute approximate surface area is 244 Å². The molecule has 16 nitrogen and oxygen atoms in total. The van der Waals surface area contributed by atoms with Gasteiger partial charge in [0, 0.05) is 31.6 Å². The number of ketones is 1. The maximum Gasteiger partial charge on any atom is 0.186 e. The smallest absolute Gasteiger partial charge is 0.186 e. The van der Waals surface area contributed by atoms with Crippen LogP contribution in [0.4, 0.5) is 0 Å². The van der Waals surface area contributed by atoms with E-state index in [9.17, 15) is 30.3 Å². The first kappa shape index (κ1) is 34.0. The molecule has 0 aromatic heterocycles. The second-order valence-corrected chi connectivity index (χ2v) is 12.3. The Morgan fingerprint density at radius 3 is 2.24 bits per heavy atom. The van der Waals surface area contributed by atoms with Crippen LogP contribution in [-0.4, -0.2) is 148 Å². The van der Waals surface area contributed by atoms with E-state index in [0.717, 1.165) is 0 Å². The van der Waals surface area contributed by atoms with Crippen LogP contribution >= 0.6 is 0 Å². The number of hydrogen-bond donors (Lipinski definition) is 11. The molecule has 0 amide bonds. The van der Waals surface area contributed by atoms with Gasteiger partial charge in [0.1, 0.15) is 36.1 Å². The van der Waals surface area contributed by atoms with Crippen LogP contribution in [0.25, 0.3) is 0 Å². The van der Waals surface area contributed by atoms with E-state index in [1.807, 2.05) is 0 Å². The highest BCUT2D eigenvalue weighted by Crippen LogP contribution is 2.39. The van der Waals surface area contributed by atoms with E-state index in [4.69, 9.17) is 47.0 Å². The zero-order chi connectivity index (χ0) is 30.8. The number of hydrogen-bond acceptors (Lipinski definition) is 16. The molecule has 1 unspecified atom stereocenters. The molecule has 2 aliphatic carbocycles. The minimum atomic E-state index is -1.58. The second-order valence-electron chi connectivity index (χ2n) is 12.3. The van der Waals surface area contributed by atoms with Gasteiger partial charge in [0.2, 0.25) is 0 Å². The van der Waals surface area contributed by atoms with Gasteiger partial charge in [0.25, 0.3) is 0 Å². The predicted molar refractivity (Wildman–Crippen MR) is 145 cm³/mol. The van der Waals surface area contributed by atoms with Crippen molar-refractivity contribution in [1.82, 2.24) is 5.32 Å². The number of nitrogens with one attached hydrogen (secondary N) is 1. The molecule has 42 heavy (non-hydrogen) atoms. The standard InChI is InChI=1S/C26H49N5O11/c27-12-7-26(38,8-12)17(34)6-11-5-15(29)23(42-24-14(28)2-1-13(39-24)9-31-3-4-32)21(37)22(11)41-25-20(36)18(30)19(35)16(10-33)40-25/h11-16,18-25,31-33,35-38H,1-10,27-30H2/t11-,12?,13-,14+,15-,16+,18-,19+,20+,21+,22-,23?,24+,25+,26?/m0/s1. The molecular formula is C26H49N5O11. The minimum Gasteiger partial charge on any atom is -0.395 e. The van der Waals surface area contributed by atoms with Gasteiger partial charge < -0.3 is 77.8 Å². The Morgan fingerprint density at radius 1 is 0.905 bits per heavy atom. The third-order valence-electron chi connectivity index (χ3n) is 8.98. The zero-order valence-electron chi connectivity index (χ0n) is 23.7. The van der Waals surface area contributed by atoms with E-state index in [-0.39, 0.29) is 44.4 Å². The topological polar surface area (TPSA) is 291 Å². The first-order valence-corrected chi connectivity index (χ1v) is 14.7. The van der Waals surface area contributed by atoms with Gasteiger partial charge in [-0.15, -0.1) is 0 Å². The zero-order valence-corrected chi connectivity index (χ0v) is 23.7. The van der Waals surface area contributed by atoms with E-state index in [2.05, 4.69) is 5.32 Å². The van der Waals surface area contributed by atoms with E-state index < -0.39 is 91.2 Å². The number of aliphatic hydroxyl groups excluding tert-OH is 5. The van der Waals surface area contributed by atoms with Crippen molar-refractivity contribution in [3.8, 4) is 0 Å². The van der Waals surface area contributed by atoms with Crippen LogP contribution in [0.5, 0.6) is 0 Å². The van der Waals surface area contributed by atoms with Gasteiger partial charge in [-0.25, -0.2) is 0 Å². The molecule has 0 radical (unpaired) electrons. The second kappa shape index (κ2) is 14.4. The van der Waals surface area contributed by atoms with Crippen molar-refractivity contribution in [1.29, 1.82) is 0 Å². The lowest BCUT2D eigenvalue weighted by Gasteiger charge is -2.49. The number of carbonyl (C=O) groups excluding carboxylic acids is 1. The van der Waals surface area contributed by atoms with E-state index in [1.54, 1.807) is 0 Å². The molecular weight excluding hydrogens is 558 g/mol. The predicted octanol–water partition coefficient (Wildman–Crippen LogP) is -5.54. The lowest BCUT2D eigenvalue weighted by molar-refractivity contribution is -0.318. The summed E-state index contributed by atoms with van der Waals surface area (Å²) in [5.74, 6) is -1.20. The summed E-state index contributed by atoms with van der Waals surface area (Å²) >= 11 is 0. The quantitative estimate of drug-likeness (QED) is 0.0922. The van der Waals surface area contributed by atoms with Crippen LogP contribution in [0, 0.1) is 5.92 Å². The average Bonchev–Trinajstić information content (AvgIpc) is 2.93. The molecule has 244 valence electrons. The summed E-state index contributed by atoms with van der Waals surface area (Å²) in [5, 5.41) is 65.0. The largest absolute Gasteiger partial charge is 0.395 e. The summed E-state index contributed by atoms with van der Waals surface area (Å²) in [6, 6.07) is -2.81. The van der Waals surface area contributed by atoms with Crippen LogP contribution < -0.4 is 28.3 Å². The van der Waals surface area contributed by atoms with Gasteiger partial charge in [0.15, 0.2) is 18.4 Å². The molecule has 2 aliphatic heterocycles. The molecule has 4 aliphatic rings. The monoisotopic (exact) mass is 607 g/mol. The van der Waals surface area contributed by atoms with Crippen LogP contribution in [0.15, 0.2) is 0 Å². The third kappa shape index (κ3) is 7.47. The number of aliphatic hydroxyl groups is 6. The lowest BCUT2D eigenvalue weighted by Crippen LogP contribution is -2.66. The molecule has 4 fully saturated rings. The molecule has 0 aromatic rings. The molecule has 0 bridgehead atoms. The summed E-state index contributed by atoms with van der Waals surface area (Å²) in [6.45, 7) is 0.235. The van der Waals surface area contributed by atoms with Crippen molar-refractivity contribution in [3.05, 3.63) is 0 Å². The highest BCUT2D eigenvalue weighted by atomic mass is 16.7. The number of rotatable bonds is 12. The summed E-state index contributed by atoms with van der Waals surface area (Å²) in [7, 11) is 0. The molecule has 15 N–H and O–H groups in total. The molecule has 2 saturated heterocycles. The summed E-state index contributed by atoms with van der Waals surface area (Å²) < 4.78 is 23.8. The Bertz CT molecular complexity index is 884. The SMILES string of the molecule is NC1CC(O)(C(=O)C[C@@H]2C[C@H](N)C(O[C@H]3O[C@H](CNCCO)CC[C@H]3N)[C@H](O)[C@H]2O[C@H]2O[C@H](CO)[C@@H](O)[C@H](N)[C@H]2O)C1. The van der Waals surface area contributed by atoms with Gasteiger partial charge in [-0.1, -0.05) is 0 Å². The van der Waals surface area contributed by atoms with Crippen molar-refractivity contribution < 1.29 is 54.4 Å². The fraction of sp³-hybridized carbons (Fsp3) is 0.962. The molecule has 2 saturated carbocycles. The number of ether oxygens (including phenoxy) is 4. The molecule has 2 heterocycles. The van der Waals surface area contributed by atoms with Crippen molar-refractivity contribution in [3.63, 3.8) is 0 Å². The fourth-order valence-corrected chi connectivity index (χ4v) is 6.41. The van der Waals surface area contributed by atoms with Crippen LogP contribution in [0.2, 0.25) is 0 Å². The Kier molecular flexibility index (Phi) is 11.7. The Balaban J connectivity index is 1.51. The van der Waals surface area contributed by atoms with E-state index in [1.165, 1.54) is 0 Å².